The molecule has 0 bridgehead atoms. The van der Waals surface area contributed by atoms with Crippen molar-refractivity contribution in [1.82, 2.24) is 14.9 Å². The number of anilines is 1. The molecule has 3 rings (SSSR count). The summed E-state index contributed by atoms with van der Waals surface area (Å²) in [6, 6.07) is 9.15. The van der Waals surface area contributed by atoms with Gasteiger partial charge in [-0.15, -0.1) is 0 Å². The van der Waals surface area contributed by atoms with Gasteiger partial charge >= 0.3 is 0 Å². The fourth-order valence-corrected chi connectivity index (χ4v) is 2.41. The molecular weight excluding hydrogens is 240 g/mol. The van der Waals surface area contributed by atoms with E-state index < -0.39 is 0 Å². The first-order chi connectivity index (χ1) is 9.18. The molecule has 1 aromatic heterocycles. The summed E-state index contributed by atoms with van der Waals surface area (Å²) >= 11 is 0. The van der Waals surface area contributed by atoms with Gasteiger partial charge in [0.2, 0.25) is 0 Å². The van der Waals surface area contributed by atoms with E-state index in [0.29, 0.717) is 17.9 Å². The molecule has 5 heteroatoms. The Kier molecular flexibility index (Phi) is 2.67. The Morgan fingerprint density at radius 3 is 2.74 bits per heavy atom. The van der Waals surface area contributed by atoms with Gasteiger partial charge in [-0.2, -0.15) is 0 Å². The van der Waals surface area contributed by atoms with Crippen LogP contribution in [0.3, 0.4) is 0 Å². The summed E-state index contributed by atoms with van der Waals surface area (Å²) in [5.41, 5.74) is 8.23. The van der Waals surface area contributed by atoms with Crippen molar-refractivity contribution >= 4 is 11.7 Å². The molecule has 2 N–H and O–H groups in total. The van der Waals surface area contributed by atoms with Crippen molar-refractivity contribution in [2.24, 2.45) is 0 Å². The Morgan fingerprint density at radius 1 is 1.32 bits per heavy atom. The lowest BCUT2D eigenvalue weighted by Gasteiger charge is -2.21. The smallest absolute Gasteiger partial charge is 0.254 e. The van der Waals surface area contributed by atoms with E-state index in [4.69, 9.17) is 5.73 Å². The lowest BCUT2D eigenvalue weighted by molar-refractivity contribution is 0.0703. The van der Waals surface area contributed by atoms with Gasteiger partial charge in [-0.1, -0.05) is 18.2 Å². The number of aromatic nitrogens is 2. The zero-order valence-electron chi connectivity index (χ0n) is 10.6. The number of fused-ring (bicyclic) bond motifs is 1. The van der Waals surface area contributed by atoms with Crippen LogP contribution in [0.15, 0.2) is 36.7 Å². The molecule has 0 saturated heterocycles. The molecular formula is C14H14N4O. The highest BCUT2D eigenvalue weighted by Crippen LogP contribution is 2.34. The van der Waals surface area contributed by atoms with Crippen LogP contribution in [-0.4, -0.2) is 20.8 Å². The number of nitrogens with zero attached hydrogens (tertiary/aromatic N) is 3. The van der Waals surface area contributed by atoms with E-state index in [1.165, 1.54) is 6.33 Å². The van der Waals surface area contributed by atoms with E-state index in [2.05, 4.69) is 9.97 Å². The molecule has 19 heavy (non-hydrogen) atoms. The van der Waals surface area contributed by atoms with Gasteiger partial charge in [-0.3, -0.25) is 4.79 Å². The normalized spacial score (nSPS) is 17.3. The lowest BCUT2D eigenvalue weighted by Crippen LogP contribution is -2.28. The topological polar surface area (TPSA) is 72.1 Å². The fraction of sp³-hybridized carbons (Fsp3) is 0.214. The first kappa shape index (κ1) is 11.6. The molecule has 5 nitrogen and oxygen atoms in total. The third kappa shape index (κ3) is 1.83. The number of nitrogen functional groups attached to an aromatic ring is 1. The third-order valence-corrected chi connectivity index (χ3v) is 3.49. The van der Waals surface area contributed by atoms with Crippen molar-refractivity contribution in [2.45, 2.75) is 19.5 Å². The van der Waals surface area contributed by atoms with E-state index in [1.807, 2.05) is 37.3 Å². The predicted molar refractivity (Wildman–Crippen MR) is 71.2 cm³/mol. The van der Waals surface area contributed by atoms with Gasteiger partial charge in [0.15, 0.2) is 0 Å². The van der Waals surface area contributed by atoms with E-state index >= 15 is 0 Å². The van der Waals surface area contributed by atoms with Crippen molar-refractivity contribution in [3.05, 3.63) is 53.5 Å². The number of nitrogens with two attached hydrogens (primary N) is 1. The zero-order chi connectivity index (χ0) is 13.4. The number of hydrogen-bond acceptors (Lipinski definition) is 4. The molecule has 0 spiro atoms. The van der Waals surface area contributed by atoms with Crippen LogP contribution in [0.1, 0.15) is 34.6 Å². The Morgan fingerprint density at radius 2 is 2.05 bits per heavy atom. The van der Waals surface area contributed by atoms with Gasteiger partial charge < -0.3 is 10.6 Å². The maximum absolute atomic E-state index is 12.5. The second kappa shape index (κ2) is 4.35. The Labute approximate surface area is 111 Å². The lowest BCUT2D eigenvalue weighted by atomic mass is 10.1. The van der Waals surface area contributed by atoms with E-state index in [-0.39, 0.29) is 11.9 Å². The maximum atomic E-state index is 12.5. The molecule has 1 aromatic carbocycles. The fourth-order valence-electron chi connectivity index (χ4n) is 2.41. The van der Waals surface area contributed by atoms with Crippen LogP contribution in [0.25, 0.3) is 0 Å². The molecule has 2 heterocycles. The molecule has 1 amide bonds. The van der Waals surface area contributed by atoms with Gasteiger partial charge in [0.05, 0.1) is 18.3 Å². The Hall–Kier alpha value is -2.43. The molecule has 0 unspecified atom stereocenters. The summed E-state index contributed by atoms with van der Waals surface area (Å²) in [6.07, 6.45) is 1.45. The Balaban J connectivity index is 1.94. The summed E-state index contributed by atoms with van der Waals surface area (Å²) in [5.74, 6) is 0.450. The molecule has 2 aromatic rings. The summed E-state index contributed by atoms with van der Waals surface area (Å²) in [6.45, 7) is 2.43. The monoisotopic (exact) mass is 254 g/mol. The summed E-state index contributed by atoms with van der Waals surface area (Å²) in [5, 5.41) is 0. The van der Waals surface area contributed by atoms with E-state index in [0.717, 1.165) is 11.3 Å². The number of benzene rings is 1. The standard InChI is InChI=1S/C14H14N4O/c1-9-12-11(13(15)17-8-16-12)7-18(9)14(19)10-5-3-2-4-6-10/h2-6,8-9H,7H2,1H3,(H2,15,16,17)/t9-/m0/s1. The van der Waals surface area contributed by atoms with Crippen LogP contribution in [-0.2, 0) is 6.54 Å². The van der Waals surface area contributed by atoms with Crippen LogP contribution >= 0.6 is 0 Å². The minimum absolute atomic E-state index is 0.00880. The van der Waals surface area contributed by atoms with Crippen LogP contribution in [0.5, 0.6) is 0 Å². The minimum atomic E-state index is -0.0759. The third-order valence-electron chi connectivity index (χ3n) is 3.49. The predicted octanol–water partition coefficient (Wildman–Crippen LogP) is 1.78. The number of amides is 1. The van der Waals surface area contributed by atoms with Crippen molar-refractivity contribution in [3.63, 3.8) is 0 Å². The number of hydrogen-bond donors (Lipinski definition) is 1. The zero-order valence-corrected chi connectivity index (χ0v) is 10.6. The van der Waals surface area contributed by atoms with Gasteiger partial charge in [-0.05, 0) is 19.1 Å². The van der Waals surface area contributed by atoms with Crippen LogP contribution in [0, 0.1) is 0 Å². The quantitative estimate of drug-likeness (QED) is 0.842. The summed E-state index contributed by atoms with van der Waals surface area (Å²) in [4.78, 5) is 22.5. The van der Waals surface area contributed by atoms with Crippen molar-refractivity contribution < 1.29 is 4.79 Å². The molecule has 1 atom stereocenters. The van der Waals surface area contributed by atoms with Gasteiger partial charge in [0, 0.05) is 11.1 Å². The first-order valence-corrected chi connectivity index (χ1v) is 6.13. The molecule has 0 fully saturated rings. The molecule has 0 radical (unpaired) electrons. The Bertz CT molecular complexity index is 627. The second-order valence-corrected chi connectivity index (χ2v) is 4.60. The number of carbonyl (C=O) groups excluding carboxylic acids is 1. The molecule has 0 saturated carbocycles. The van der Waals surface area contributed by atoms with E-state index in [9.17, 15) is 4.79 Å². The van der Waals surface area contributed by atoms with E-state index in [1.54, 1.807) is 4.90 Å². The average molecular weight is 254 g/mol. The molecule has 1 aliphatic heterocycles. The highest BCUT2D eigenvalue weighted by Gasteiger charge is 2.33. The molecule has 0 aliphatic carbocycles. The maximum Gasteiger partial charge on any atom is 0.254 e. The molecule has 1 aliphatic rings. The van der Waals surface area contributed by atoms with Crippen molar-refractivity contribution in [1.29, 1.82) is 0 Å². The van der Waals surface area contributed by atoms with Crippen LogP contribution in [0.2, 0.25) is 0 Å². The molecule has 96 valence electrons. The largest absolute Gasteiger partial charge is 0.383 e. The van der Waals surface area contributed by atoms with Gasteiger partial charge in [-0.25, -0.2) is 9.97 Å². The summed E-state index contributed by atoms with van der Waals surface area (Å²) < 4.78 is 0. The number of rotatable bonds is 1. The van der Waals surface area contributed by atoms with Crippen LogP contribution in [0.4, 0.5) is 5.82 Å². The number of carbonyl (C=O) groups is 1. The highest BCUT2D eigenvalue weighted by atomic mass is 16.2. The van der Waals surface area contributed by atoms with Crippen molar-refractivity contribution in [2.75, 3.05) is 5.73 Å². The average Bonchev–Trinajstić information content (AvgIpc) is 2.78. The van der Waals surface area contributed by atoms with Crippen molar-refractivity contribution in [3.8, 4) is 0 Å². The second-order valence-electron chi connectivity index (χ2n) is 4.60. The summed E-state index contributed by atoms with van der Waals surface area (Å²) in [7, 11) is 0. The minimum Gasteiger partial charge on any atom is -0.383 e. The van der Waals surface area contributed by atoms with Crippen LogP contribution < -0.4 is 5.73 Å². The van der Waals surface area contributed by atoms with Gasteiger partial charge in [0.1, 0.15) is 12.1 Å². The SMILES string of the molecule is C[C@H]1c2ncnc(N)c2CN1C(=O)c1ccccc1. The van der Waals surface area contributed by atoms with Gasteiger partial charge in [0.25, 0.3) is 5.91 Å². The first-order valence-electron chi connectivity index (χ1n) is 6.13. The highest BCUT2D eigenvalue weighted by molar-refractivity contribution is 5.94.